The summed E-state index contributed by atoms with van der Waals surface area (Å²) in [6.07, 6.45) is -0.694. The summed E-state index contributed by atoms with van der Waals surface area (Å²) in [5.74, 6) is 0.634. The number of benzene rings is 2. The first kappa shape index (κ1) is 15.8. The minimum atomic E-state index is -0.694. The zero-order chi connectivity index (χ0) is 16.4. The fraction of sp³-hybridized carbons (Fsp3) is 0.125. The number of para-hydroxylation sites is 2. The molecular formula is C16H13BrClN3O2. The van der Waals surface area contributed by atoms with E-state index in [0.29, 0.717) is 21.2 Å². The van der Waals surface area contributed by atoms with E-state index in [0.717, 1.165) is 11.0 Å². The molecule has 0 fully saturated rings. The lowest BCUT2D eigenvalue weighted by Crippen LogP contribution is -2.30. The van der Waals surface area contributed by atoms with Gasteiger partial charge in [-0.2, -0.15) is 0 Å². The van der Waals surface area contributed by atoms with Crippen LogP contribution in [0.15, 0.2) is 46.9 Å². The van der Waals surface area contributed by atoms with Crippen LogP contribution in [0.2, 0.25) is 5.02 Å². The molecule has 0 bridgehead atoms. The highest BCUT2D eigenvalue weighted by Gasteiger charge is 2.17. The van der Waals surface area contributed by atoms with Crippen LogP contribution in [-0.2, 0) is 4.79 Å². The van der Waals surface area contributed by atoms with Gasteiger partial charge in [0.1, 0.15) is 5.75 Å². The van der Waals surface area contributed by atoms with E-state index >= 15 is 0 Å². The van der Waals surface area contributed by atoms with Crippen LogP contribution < -0.4 is 10.1 Å². The Hall–Kier alpha value is -2.05. The molecule has 5 nitrogen and oxygen atoms in total. The standard InChI is InChI=1S/C16H13BrClN3O2/c1-9(23-14-7-6-10(18)8-11(14)17)15(22)21-16-19-12-4-2-3-5-13(12)20-16/h2-9H,1H3,(H2,19,20,21,22). The van der Waals surface area contributed by atoms with Crippen molar-refractivity contribution in [1.29, 1.82) is 0 Å². The molecule has 0 saturated carbocycles. The van der Waals surface area contributed by atoms with E-state index in [1.165, 1.54) is 0 Å². The number of hydrogen-bond donors (Lipinski definition) is 2. The second kappa shape index (κ2) is 6.60. The van der Waals surface area contributed by atoms with Gasteiger partial charge in [-0.1, -0.05) is 23.7 Å². The van der Waals surface area contributed by atoms with E-state index < -0.39 is 6.10 Å². The number of fused-ring (bicyclic) bond motifs is 1. The van der Waals surface area contributed by atoms with Gasteiger partial charge in [-0.15, -0.1) is 0 Å². The average molecular weight is 395 g/mol. The molecule has 118 valence electrons. The number of ether oxygens (including phenoxy) is 1. The number of nitrogens with one attached hydrogen (secondary N) is 2. The highest BCUT2D eigenvalue weighted by Crippen LogP contribution is 2.28. The van der Waals surface area contributed by atoms with Crippen LogP contribution in [0.25, 0.3) is 11.0 Å². The molecule has 2 N–H and O–H groups in total. The van der Waals surface area contributed by atoms with E-state index in [4.69, 9.17) is 16.3 Å². The van der Waals surface area contributed by atoms with Crippen LogP contribution in [0.4, 0.5) is 5.95 Å². The molecule has 0 radical (unpaired) electrons. The Bertz CT molecular complexity index is 832. The van der Waals surface area contributed by atoms with Crippen molar-refractivity contribution in [3.8, 4) is 5.75 Å². The highest BCUT2D eigenvalue weighted by atomic mass is 79.9. The Morgan fingerprint density at radius 3 is 2.87 bits per heavy atom. The molecule has 1 heterocycles. The van der Waals surface area contributed by atoms with Crippen molar-refractivity contribution >= 4 is 50.4 Å². The molecule has 0 saturated heterocycles. The number of imidazole rings is 1. The molecule has 1 amide bonds. The van der Waals surface area contributed by atoms with E-state index in [-0.39, 0.29) is 5.91 Å². The molecule has 2 aromatic carbocycles. The van der Waals surface area contributed by atoms with Gasteiger partial charge in [-0.05, 0) is 53.2 Å². The summed E-state index contributed by atoms with van der Waals surface area (Å²) in [6.45, 7) is 1.67. The molecule has 0 aliphatic carbocycles. The molecule has 23 heavy (non-hydrogen) atoms. The second-order valence-electron chi connectivity index (χ2n) is 4.93. The van der Waals surface area contributed by atoms with E-state index in [1.807, 2.05) is 24.3 Å². The predicted octanol–water partition coefficient (Wildman–Crippen LogP) is 4.38. The van der Waals surface area contributed by atoms with Crippen LogP contribution >= 0.6 is 27.5 Å². The Balaban J connectivity index is 1.69. The molecule has 1 atom stereocenters. The molecule has 1 unspecified atom stereocenters. The molecule has 0 spiro atoms. The van der Waals surface area contributed by atoms with Crippen molar-refractivity contribution in [2.75, 3.05) is 5.32 Å². The third-order valence-corrected chi connectivity index (χ3v) is 4.05. The quantitative estimate of drug-likeness (QED) is 0.690. The fourth-order valence-electron chi connectivity index (χ4n) is 2.05. The summed E-state index contributed by atoms with van der Waals surface area (Å²) in [4.78, 5) is 19.6. The average Bonchev–Trinajstić information content (AvgIpc) is 2.92. The number of halogens is 2. The predicted molar refractivity (Wildman–Crippen MR) is 94.0 cm³/mol. The maximum Gasteiger partial charge on any atom is 0.267 e. The summed E-state index contributed by atoms with van der Waals surface area (Å²) in [6, 6.07) is 12.7. The molecule has 0 aliphatic heterocycles. The van der Waals surface area contributed by atoms with Gasteiger partial charge in [-0.3, -0.25) is 10.1 Å². The van der Waals surface area contributed by atoms with Gasteiger partial charge in [0, 0.05) is 5.02 Å². The third-order valence-electron chi connectivity index (χ3n) is 3.20. The summed E-state index contributed by atoms with van der Waals surface area (Å²) in [5.41, 5.74) is 1.65. The third kappa shape index (κ3) is 3.65. The zero-order valence-corrected chi connectivity index (χ0v) is 14.5. The van der Waals surface area contributed by atoms with Gasteiger partial charge < -0.3 is 9.72 Å². The monoisotopic (exact) mass is 393 g/mol. The van der Waals surface area contributed by atoms with E-state index in [1.54, 1.807) is 25.1 Å². The first-order valence-electron chi connectivity index (χ1n) is 6.90. The molecule has 0 aliphatic rings. The Kier molecular flexibility index (Phi) is 4.54. The van der Waals surface area contributed by atoms with Crippen LogP contribution in [0.1, 0.15) is 6.92 Å². The Labute approximate surface area is 146 Å². The van der Waals surface area contributed by atoms with Gasteiger partial charge in [0.2, 0.25) is 5.95 Å². The topological polar surface area (TPSA) is 67.0 Å². The van der Waals surface area contributed by atoms with Crippen LogP contribution in [0.5, 0.6) is 5.75 Å². The molecule has 1 aromatic heterocycles. The second-order valence-corrected chi connectivity index (χ2v) is 6.22. The maximum absolute atomic E-state index is 12.2. The van der Waals surface area contributed by atoms with Gasteiger partial charge in [-0.25, -0.2) is 4.98 Å². The number of nitrogens with zero attached hydrogens (tertiary/aromatic N) is 1. The summed E-state index contributed by atoms with van der Waals surface area (Å²) in [5, 5.41) is 3.30. The van der Waals surface area contributed by atoms with Crippen LogP contribution in [0, 0.1) is 0 Å². The molecule has 3 rings (SSSR count). The zero-order valence-electron chi connectivity index (χ0n) is 12.1. The van der Waals surface area contributed by atoms with Crippen molar-refractivity contribution < 1.29 is 9.53 Å². The minimum absolute atomic E-state index is 0.300. The largest absolute Gasteiger partial charge is 0.480 e. The number of H-pyrrole nitrogens is 1. The molecular weight excluding hydrogens is 382 g/mol. The summed E-state index contributed by atoms with van der Waals surface area (Å²) < 4.78 is 6.34. The number of hydrogen-bond acceptors (Lipinski definition) is 3. The van der Waals surface area contributed by atoms with Gasteiger partial charge in [0.15, 0.2) is 6.10 Å². The van der Waals surface area contributed by atoms with Crippen LogP contribution in [0.3, 0.4) is 0 Å². The Morgan fingerprint density at radius 2 is 2.13 bits per heavy atom. The van der Waals surface area contributed by atoms with Gasteiger partial charge >= 0.3 is 0 Å². The van der Waals surface area contributed by atoms with Crippen molar-refractivity contribution in [2.24, 2.45) is 0 Å². The van der Waals surface area contributed by atoms with E-state index in [2.05, 4.69) is 31.2 Å². The van der Waals surface area contributed by atoms with Gasteiger partial charge in [0.25, 0.3) is 5.91 Å². The first-order chi connectivity index (χ1) is 11.0. The normalized spacial score (nSPS) is 12.1. The highest BCUT2D eigenvalue weighted by molar-refractivity contribution is 9.10. The number of aromatic amines is 1. The van der Waals surface area contributed by atoms with Crippen molar-refractivity contribution in [3.63, 3.8) is 0 Å². The van der Waals surface area contributed by atoms with Crippen LogP contribution in [-0.4, -0.2) is 22.0 Å². The Morgan fingerprint density at radius 1 is 1.35 bits per heavy atom. The van der Waals surface area contributed by atoms with E-state index in [9.17, 15) is 4.79 Å². The lowest BCUT2D eigenvalue weighted by Gasteiger charge is -2.15. The number of carbonyl (C=O) groups is 1. The number of aromatic nitrogens is 2. The van der Waals surface area contributed by atoms with Crippen molar-refractivity contribution in [3.05, 3.63) is 52.0 Å². The number of rotatable bonds is 4. The molecule has 7 heteroatoms. The minimum Gasteiger partial charge on any atom is -0.480 e. The van der Waals surface area contributed by atoms with Crippen molar-refractivity contribution in [1.82, 2.24) is 9.97 Å². The SMILES string of the molecule is CC(Oc1ccc(Cl)cc1Br)C(=O)Nc1nc2ccccc2[nH]1. The maximum atomic E-state index is 12.2. The lowest BCUT2D eigenvalue weighted by atomic mass is 10.3. The lowest BCUT2D eigenvalue weighted by molar-refractivity contribution is -0.122. The molecule has 3 aromatic rings. The summed E-state index contributed by atoms with van der Waals surface area (Å²) in [7, 11) is 0. The number of anilines is 1. The fourth-order valence-corrected chi connectivity index (χ4v) is 2.82. The van der Waals surface area contributed by atoms with Gasteiger partial charge in [0.05, 0.1) is 15.5 Å². The van der Waals surface area contributed by atoms with Crippen molar-refractivity contribution in [2.45, 2.75) is 13.0 Å². The number of carbonyl (C=O) groups excluding carboxylic acids is 1. The number of amides is 1. The smallest absolute Gasteiger partial charge is 0.267 e. The first-order valence-corrected chi connectivity index (χ1v) is 8.07. The summed E-state index contributed by atoms with van der Waals surface area (Å²) >= 11 is 9.24.